The molecule has 0 radical (unpaired) electrons. The maximum absolute atomic E-state index is 2.41. The van der Waals surface area contributed by atoms with Crippen LogP contribution in [0.2, 0.25) is 0 Å². The Balaban J connectivity index is 0.891. The van der Waals surface area contributed by atoms with Crippen molar-refractivity contribution in [3.05, 3.63) is 315 Å². The molecule has 368 valence electrons. The number of hydrogen-bond acceptors (Lipinski definition) is 4. The van der Waals surface area contributed by atoms with Crippen LogP contribution in [0.3, 0.4) is 0 Å². The highest BCUT2D eigenvalue weighted by atomic mass is 15.2. The van der Waals surface area contributed by atoms with Crippen LogP contribution in [0.1, 0.15) is 0 Å². The fraction of sp³-hybridized carbons (Fsp3) is 0. The van der Waals surface area contributed by atoms with E-state index in [1.807, 2.05) is 0 Å². The topological polar surface area (TPSA) is 13.0 Å². The molecule has 14 aromatic carbocycles. The summed E-state index contributed by atoms with van der Waals surface area (Å²) in [6, 6.07) is 114. The molecule has 78 heavy (non-hydrogen) atoms. The Bertz CT molecular complexity index is 4450. The molecule has 4 nitrogen and oxygen atoms in total. The maximum Gasteiger partial charge on any atom is 0.0540 e. The fourth-order valence-electron chi connectivity index (χ4n) is 11.4. The Morgan fingerprint density at radius 3 is 0.859 bits per heavy atom. The number of para-hydroxylation sites is 2. The number of benzene rings is 14. The smallest absolute Gasteiger partial charge is 0.0540 e. The highest BCUT2D eigenvalue weighted by Crippen LogP contribution is 2.46. The van der Waals surface area contributed by atoms with Gasteiger partial charge in [-0.3, -0.25) is 0 Å². The quantitative estimate of drug-likeness (QED) is 0.121. The van der Waals surface area contributed by atoms with E-state index in [1.54, 1.807) is 0 Å². The van der Waals surface area contributed by atoms with E-state index in [0.717, 1.165) is 79.0 Å². The third-order valence-corrected chi connectivity index (χ3v) is 15.1. The van der Waals surface area contributed by atoms with Crippen molar-refractivity contribution in [2.24, 2.45) is 0 Å². The lowest BCUT2D eigenvalue weighted by atomic mass is 10.0. The summed E-state index contributed by atoms with van der Waals surface area (Å²) in [6.07, 6.45) is 0. The van der Waals surface area contributed by atoms with Gasteiger partial charge in [0.1, 0.15) is 0 Å². The van der Waals surface area contributed by atoms with Gasteiger partial charge in [0.25, 0.3) is 0 Å². The average molecular weight is 997 g/mol. The maximum atomic E-state index is 2.41. The third kappa shape index (κ3) is 8.58. The van der Waals surface area contributed by atoms with Crippen molar-refractivity contribution in [3.8, 4) is 0 Å². The molecule has 0 spiro atoms. The molecule has 0 amide bonds. The number of rotatable bonds is 12. The summed E-state index contributed by atoms with van der Waals surface area (Å²) >= 11 is 0. The van der Waals surface area contributed by atoms with Crippen molar-refractivity contribution in [2.75, 3.05) is 19.6 Å². The molecule has 0 fully saturated rings. The van der Waals surface area contributed by atoms with Gasteiger partial charge >= 0.3 is 0 Å². The highest BCUT2D eigenvalue weighted by Gasteiger charge is 2.22. The van der Waals surface area contributed by atoms with E-state index >= 15 is 0 Å². The Morgan fingerprint density at radius 1 is 0.141 bits per heavy atom. The third-order valence-electron chi connectivity index (χ3n) is 15.1. The first-order valence-corrected chi connectivity index (χ1v) is 26.7. The Hall–Kier alpha value is -10.4. The summed E-state index contributed by atoms with van der Waals surface area (Å²) < 4.78 is 0. The van der Waals surface area contributed by atoms with Gasteiger partial charge in [-0.25, -0.2) is 0 Å². The van der Waals surface area contributed by atoms with Gasteiger partial charge in [0, 0.05) is 67.3 Å². The lowest BCUT2D eigenvalue weighted by Gasteiger charge is -2.30. The second-order valence-electron chi connectivity index (χ2n) is 19.8. The van der Waals surface area contributed by atoms with E-state index in [1.165, 1.54) is 43.1 Å². The molecule has 0 N–H and O–H groups in total. The number of fused-ring (bicyclic) bond motifs is 5. The molecule has 0 aliphatic carbocycles. The zero-order valence-electron chi connectivity index (χ0n) is 42.8. The van der Waals surface area contributed by atoms with Gasteiger partial charge < -0.3 is 19.6 Å². The normalized spacial score (nSPS) is 11.3. The molecule has 14 aromatic rings. The minimum Gasteiger partial charge on any atom is -0.310 e. The van der Waals surface area contributed by atoms with Crippen molar-refractivity contribution >= 4 is 122 Å². The van der Waals surface area contributed by atoms with Crippen LogP contribution in [0.5, 0.6) is 0 Å². The molecule has 14 rings (SSSR count). The predicted molar refractivity (Wildman–Crippen MR) is 333 cm³/mol. The predicted octanol–water partition coefficient (Wildman–Crippen LogP) is 21.3. The van der Waals surface area contributed by atoms with Crippen LogP contribution in [0.15, 0.2) is 315 Å². The summed E-state index contributed by atoms with van der Waals surface area (Å²) in [5.41, 5.74) is 13.0. The minimum absolute atomic E-state index is 1.06. The first-order chi connectivity index (χ1) is 38.7. The van der Waals surface area contributed by atoms with E-state index < -0.39 is 0 Å². The summed E-state index contributed by atoms with van der Waals surface area (Å²) in [5.74, 6) is 0. The van der Waals surface area contributed by atoms with Crippen LogP contribution in [0, 0.1) is 0 Å². The van der Waals surface area contributed by atoms with Crippen molar-refractivity contribution in [1.29, 1.82) is 0 Å². The molecule has 0 saturated heterocycles. The van der Waals surface area contributed by atoms with Crippen molar-refractivity contribution in [1.82, 2.24) is 0 Å². The fourth-order valence-corrected chi connectivity index (χ4v) is 11.4. The van der Waals surface area contributed by atoms with Crippen LogP contribution in [-0.4, -0.2) is 0 Å². The molecule has 0 aliphatic heterocycles. The van der Waals surface area contributed by atoms with Crippen LogP contribution >= 0.6 is 0 Å². The van der Waals surface area contributed by atoms with Gasteiger partial charge in [-0.1, -0.05) is 188 Å². The van der Waals surface area contributed by atoms with Crippen LogP contribution < -0.4 is 19.6 Å². The summed E-state index contributed by atoms with van der Waals surface area (Å²) in [5, 5.41) is 11.9. The Labute approximate surface area is 454 Å². The van der Waals surface area contributed by atoms with Gasteiger partial charge in [-0.2, -0.15) is 0 Å². The van der Waals surface area contributed by atoms with Gasteiger partial charge in [-0.05, 0) is 165 Å². The van der Waals surface area contributed by atoms with Gasteiger partial charge in [0.05, 0.1) is 17.1 Å². The Kier molecular flexibility index (Phi) is 11.8. The molecule has 0 atom stereocenters. The molecular weight excluding hydrogens is 945 g/mol. The molecule has 0 saturated carbocycles. The molecule has 0 aliphatic rings. The number of nitrogens with zero attached hydrogens (tertiary/aromatic N) is 4. The first kappa shape index (κ1) is 46.1. The minimum atomic E-state index is 1.06. The average Bonchev–Trinajstić information content (AvgIpc) is 3.52. The Morgan fingerprint density at radius 2 is 0.410 bits per heavy atom. The molecule has 0 bridgehead atoms. The lowest BCUT2D eigenvalue weighted by Crippen LogP contribution is -2.13. The zero-order chi connectivity index (χ0) is 51.8. The van der Waals surface area contributed by atoms with Crippen molar-refractivity contribution in [2.45, 2.75) is 0 Å². The summed E-state index contributed by atoms with van der Waals surface area (Å²) in [7, 11) is 0. The van der Waals surface area contributed by atoms with E-state index in [-0.39, 0.29) is 0 Å². The second-order valence-corrected chi connectivity index (χ2v) is 19.8. The molecule has 0 aromatic heterocycles. The van der Waals surface area contributed by atoms with Crippen LogP contribution in [-0.2, 0) is 0 Å². The first-order valence-electron chi connectivity index (χ1n) is 26.7. The summed E-state index contributed by atoms with van der Waals surface area (Å²) in [4.78, 5) is 9.53. The van der Waals surface area contributed by atoms with E-state index in [0.29, 0.717) is 0 Å². The SMILES string of the molecule is c1ccc(N(c2ccc(N(c3ccc4ccccc4c3)c3ccc4c(N(c5ccc(N(c6ccccc6)c6cccc7ccccc67)cc5)c5ccc6ccccc6c5)cccc4c3)cc2)c2cccc3ccccc23)cc1. The lowest BCUT2D eigenvalue weighted by molar-refractivity contribution is 1.26. The van der Waals surface area contributed by atoms with Crippen molar-refractivity contribution < 1.29 is 0 Å². The van der Waals surface area contributed by atoms with E-state index in [4.69, 9.17) is 0 Å². The zero-order valence-corrected chi connectivity index (χ0v) is 42.8. The molecular formula is C74H52N4. The van der Waals surface area contributed by atoms with E-state index in [9.17, 15) is 0 Å². The van der Waals surface area contributed by atoms with E-state index in [2.05, 4.69) is 335 Å². The monoisotopic (exact) mass is 996 g/mol. The molecule has 0 heterocycles. The van der Waals surface area contributed by atoms with Crippen molar-refractivity contribution in [3.63, 3.8) is 0 Å². The summed E-state index contributed by atoms with van der Waals surface area (Å²) in [6.45, 7) is 0. The van der Waals surface area contributed by atoms with Gasteiger partial charge in [0.15, 0.2) is 0 Å². The largest absolute Gasteiger partial charge is 0.310 e. The number of hydrogen-bond donors (Lipinski definition) is 0. The van der Waals surface area contributed by atoms with Gasteiger partial charge in [-0.15, -0.1) is 0 Å². The van der Waals surface area contributed by atoms with Crippen LogP contribution in [0.4, 0.5) is 68.2 Å². The molecule has 4 heteroatoms. The molecule has 0 unspecified atom stereocenters. The number of anilines is 12. The van der Waals surface area contributed by atoms with Gasteiger partial charge in [0.2, 0.25) is 0 Å². The van der Waals surface area contributed by atoms with Crippen LogP contribution in [0.25, 0.3) is 53.9 Å². The standard InChI is InChI=1S/C74H52N4/c1-3-27-60(28-4-1)76(72-33-15-24-55-20-11-13-31-69(55)72)63-42-40-62(41-43-63)75(66-38-36-53-18-7-9-22-57(53)50-66)67-48-49-71-59(52-67)26-17-35-74(71)78(68-39-37-54-19-8-10-23-58(54)51-68)65-46-44-64(45-47-65)77(61-29-5-2-6-30-61)73-34-16-25-56-21-12-14-32-70(56)73/h1-52H. The second kappa shape index (κ2) is 20.0. The highest BCUT2D eigenvalue weighted by molar-refractivity contribution is 6.04.